The Morgan fingerprint density at radius 3 is 2.86 bits per heavy atom. The van der Waals surface area contributed by atoms with Crippen molar-refractivity contribution in [1.29, 1.82) is 0 Å². The first-order chi connectivity index (χ1) is 10.2. The largest absolute Gasteiger partial charge is 0.396 e. The van der Waals surface area contributed by atoms with E-state index in [1.54, 1.807) is 0 Å². The van der Waals surface area contributed by atoms with Gasteiger partial charge in [-0.05, 0) is 34.6 Å². The monoisotopic (exact) mass is 283 g/mol. The maximum Gasteiger partial charge on any atom is 0.223 e. The van der Waals surface area contributed by atoms with Gasteiger partial charge in [-0.25, -0.2) is 0 Å². The summed E-state index contributed by atoms with van der Waals surface area (Å²) >= 11 is 0. The minimum absolute atomic E-state index is 0.0849. The molecule has 2 aromatic rings. The van der Waals surface area contributed by atoms with Crippen molar-refractivity contribution in [2.75, 3.05) is 13.2 Å². The van der Waals surface area contributed by atoms with Gasteiger partial charge in [-0.1, -0.05) is 49.4 Å². The van der Waals surface area contributed by atoms with Crippen LogP contribution in [0.2, 0.25) is 0 Å². The molecular formula is C18H21NO2. The molecule has 0 aliphatic heterocycles. The molecule has 3 nitrogen and oxygen atoms in total. The topological polar surface area (TPSA) is 49.3 Å². The highest BCUT2D eigenvalue weighted by molar-refractivity contribution is 5.89. The third-order valence-electron chi connectivity index (χ3n) is 4.29. The van der Waals surface area contributed by atoms with Gasteiger partial charge in [0.2, 0.25) is 5.91 Å². The fourth-order valence-corrected chi connectivity index (χ4v) is 2.87. The molecule has 3 atom stereocenters. The summed E-state index contributed by atoms with van der Waals surface area (Å²) in [6.45, 7) is 2.58. The number of aliphatic hydroxyl groups is 1. The summed E-state index contributed by atoms with van der Waals surface area (Å²) in [5.41, 5.74) is 1.28. The predicted molar refractivity (Wildman–Crippen MR) is 84.1 cm³/mol. The fourth-order valence-electron chi connectivity index (χ4n) is 2.87. The third-order valence-corrected chi connectivity index (χ3v) is 4.29. The lowest BCUT2D eigenvalue weighted by Gasteiger charge is -2.10. The SMILES string of the molecule is CC(CO)CNC(=O)C1CC1c1cccc2ccccc12. The smallest absolute Gasteiger partial charge is 0.223 e. The maximum atomic E-state index is 12.2. The summed E-state index contributed by atoms with van der Waals surface area (Å²) in [5, 5.41) is 14.4. The number of amides is 1. The van der Waals surface area contributed by atoms with E-state index in [0.29, 0.717) is 12.5 Å². The van der Waals surface area contributed by atoms with E-state index in [2.05, 4.69) is 35.6 Å². The molecule has 21 heavy (non-hydrogen) atoms. The van der Waals surface area contributed by atoms with Crippen LogP contribution < -0.4 is 5.32 Å². The Balaban J connectivity index is 1.70. The molecule has 1 amide bonds. The minimum atomic E-state index is 0.0849. The summed E-state index contributed by atoms with van der Waals surface area (Å²) in [7, 11) is 0. The lowest BCUT2D eigenvalue weighted by molar-refractivity contribution is -0.122. The van der Waals surface area contributed by atoms with Crippen LogP contribution in [0.5, 0.6) is 0 Å². The first-order valence-electron chi connectivity index (χ1n) is 7.57. The number of hydrogen-bond donors (Lipinski definition) is 2. The second-order valence-corrected chi connectivity index (χ2v) is 6.05. The maximum absolute atomic E-state index is 12.2. The summed E-state index contributed by atoms with van der Waals surface area (Å²) in [6, 6.07) is 14.6. The van der Waals surface area contributed by atoms with Gasteiger partial charge in [-0.2, -0.15) is 0 Å². The van der Waals surface area contributed by atoms with Gasteiger partial charge in [-0.3, -0.25) is 4.79 Å². The molecule has 1 fully saturated rings. The van der Waals surface area contributed by atoms with Gasteiger partial charge in [0.15, 0.2) is 0 Å². The standard InChI is InChI=1S/C18H21NO2/c1-12(11-20)10-19-18(21)17-9-16(17)15-8-4-6-13-5-2-3-7-14(13)15/h2-8,12,16-17,20H,9-11H2,1H3,(H,19,21). The lowest BCUT2D eigenvalue weighted by Crippen LogP contribution is -2.31. The van der Waals surface area contributed by atoms with Gasteiger partial charge in [0.1, 0.15) is 0 Å². The molecule has 2 aromatic carbocycles. The van der Waals surface area contributed by atoms with E-state index in [0.717, 1.165) is 6.42 Å². The van der Waals surface area contributed by atoms with E-state index in [9.17, 15) is 4.79 Å². The fraction of sp³-hybridized carbons (Fsp3) is 0.389. The van der Waals surface area contributed by atoms with Gasteiger partial charge < -0.3 is 10.4 Å². The number of nitrogens with one attached hydrogen (secondary N) is 1. The second-order valence-electron chi connectivity index (χ2n) is 6.05. The van der Waals surface area contributed by atoms with Crippen molar-refractivity contribution >= 4 is 16.7 Å². The highest BCUT2D eigenvalue weighted by Crippen LogP contribution is 2.49. The predicted octanol–water partition coefficient (Wildman–Crippen LogP) is 2.69. The van der Waals surface area contributed by atoms with Crippen molar-refractivity contribution in [2.45, 2.75) is 19.3 Å². The minimum Gasteiger partial charge on any atom is -0.396 e. The number of carbonyl (C=O) groups is 1. The number of hydrogen-bond acceptors (Lipinski definition) is 2. The zero-order valence-corrected chi connectivity index (χ0v) is 12.3. The summed E-state index contributed by atoms with van der Waals surface area (Å²) < 4.78 is 0. The van der Waals surface area contributed by atoms with Crippen LogP contribution >= 0.6 is 0 Å². The number of benzene rings is 2. The number of aliphatic hydroxyl groups excluding tert-OH is 1. The molecular weight excluding hydrogens is 262 g/mol. The van der Waals surface area contributed by atoms with Gasteiger partial charge in [0, 0.05) is 19.1 Å². The number of rotatable bonds is 5. The van der Waals surface area contributed by atoms with Crippen molar-refractivity contribution in [3.63, 3.8) is 0 Å². The molecule has 3 rings (SSSR count). The molecule has 2 N–H and O–H groups in total. The second kappa shape index (κ2) is 5.86. The van der Waals surface area contributed by atoms with Crippen molar-refractivity contribution in [3.8, 4) is 0 Å². The Bertz CT molecular complexity index is 647. The van der Waals surface area contributed by atoms with E-state index in [-0.39, 0.29) is 24.3 Å². The molecule has 1 saturated carbocycles. The summed E-state index contributed by atoms with van der Waals surface area (Å²) in [6.07, 6.45) is 0.924. The van der Waals surface area contributed by atoms with Gasteiger partial charge >= 0.3 is 0 Å². The van der Waals surface area contributed by atoms with Crippen LogP contribution in [0.15, 0.2) is 42.5 Å². The van der Waals surface area contributed by atoms with Crippen LogP contribution in [-0.4, -0.2) is 24.2 Å². The van der Waals surface area contributed by atoms with E-state index < -0.39 is 0 Å². The van der Waals surface area contributed by atoms with Crippen LogP contribution in [0, 0.1) is 11.8 Å². The van der Waals surface area contributed by atoms with Crippen LogP contribution in [-0.2, 0) is 4.79 Å². The molecule has 0 aromatic heterocycles. The Morgan fingerprint density at radius 2 is 2.05 bits per heavy atom. The third kappa shape index (κ3) is 2.93. The Kier molecular flexibility index (Phi) is 3.93. The van der Waals surface area contributed by atoms with Gasteiger partial charge in [-0.15, -0.1) is 0 Å². The van der Waals surface area contributed by atoms with Crippen LogP contribution in [0.1, 0.15) is 24.8 Å². The zero-order chi connectivity index (χ0) is 14.8. The zero-order valence-electron chi connectivity index (χ0n) is 12.3. The highest BCUT2D eigenvalue weighted by Gasteiger charge is 2.44. The van der Waals surface area contributed by atoms with Crippen molar-refractivity contribution in [1.82, 2.24) is 5.32 Å². The van der Waals surface area contributed by atoms with Crippen molar-refractivity contribution in [2.24, 2.45) is 11.8 Å². The Hall–Kier alpha value is -1.87. The summed E-state index contributed by atoms with van der Waals surface area (Å²) in [5.74, 6) is 0.652. The number of fused-ring (bicyclic) bond motifs is 1. The molecule has 3 unspecified atom stereocenters. The summed E-state index contributed by atoms with van der Waals surface area (Å²) in [4.78, 5) is 12.2. The van der Waals surface area contributed by atoms with Gasteiger partial charge in [0.25, 0.3) is 0 Å². The quantitative estimate of drug-likeness (QED) is 0.886. The molecule has 0 heterocycles. The highest BCUT2D eigenvalue weighted by atomic mass is 16.3. The van der Waals surface area contributed by atoms with Crippen molar-refractivity contribution in [3.05, 3.63) is 48.0 Å². The van der Waals surface area contributed by atoms with E-state index in [1.807, 2.05) is 19.1 Å². The number of carbonyl (C=O) groups excluding carboxylic acids is 1. The molecule has 1 aliphatic carbocycles. The Labute approximate surface area is 125 Å². The molecule has 0 radical (unpaired) electrons. The first kappa shape index (κ1) is 14.1. The average Bonchev–Trinajstić information content (AvgIpc) is 3.32. The van der Waals surface area contributed by atoms with Crippen LogP contribution in [0.3, 0.4) is 0 Å². The molecule has 0 bridgehead atoms. The first-order valence-corrected chi connectivity index (χ1v) is 7.57. The van der Waals surface area contributed by atoms with Crippen LogP contribution in [0.25, 0.3) is 10.8 Å². The molecule has 0 spiro atoms. The van der Waals surface area contributed by atoms with E-state index in [4.69, 9.17) is 5.11 Å². The van der Waals surface area contributed by atoms with E-state index in [1.165, 1.54) is 16.3 Å². The molecule has 3 heteroatoms. The average molecular weight is 283 g/mol. The normalized spacial score (nSPS) is 22.0. The molecule has 110 valence electrons. The lowest BCUT2D eigenvalue weighted by atomic mass is 10.00. The molecule has 0 saturated heterocycles. The molecule has 1 aliphatic rings. The Morgan fingerprint density at radius 1 is 1.29 bits per heavy atom. The van der Waals surface area contributed by atoms with Crippen molar-refractivity contribution < 1.29 is 9.90 Å². The van der Waals surface area contributed by atoms with E-state index >= 15 is 0 Å². The van der Waals surface area contributed by atoms with Crippen LogP contribution in [0.4, 0.5) is 0 Å². The van der Waals surface area contributed by atoms with Gasteiger partial charge in [0.05, 0.1) is 0 Å².